The highest BCUT2D eigenvalue weighted by molar-refractivity contribution is 5.98. The van der Waals surface area contributed by atoms with Crippen molar-refractivity contribution < 1.29 is 4.79 Å². The lowest BCUT2D eigenvalue weighted by Crippen LogP contribution is -2.25. The number of carbonyl (C=O) groups is 1. The number of nitrogens with one attached hydrogen (secondary N) is 1. The van der Waals surface area contributed by atoms with Crippen LogP contribution in [0.15, 0.2) is 12.1 Å². The minimum absolute atomic E-state index is 0.171. The molecule has 0 bridgehead atoms. The van der Waals surface area contributed by atoms with E-state index in [9.17, 15) is 4.79 Å². The Kier molecular flexibility index (Phi) is 2.39. The molecule has 3 nitrogen and oxygen atoms in total. The van der Waals surface area contributed by atoms with Crippen molar-refractivity contribution in [3.8, 4) is 0 Å². The minimum atomic E-state index is 0.171. The predicted octanol–water partition coefficient (Wildman–Crippen LogP) is 2.08. The molecular weight excluding hydrogens is 188 g/mol. The molecule has 1 aliphatic heterocycles. The molecule has 1 aromatic carbocycles. The van der Waals surface area contributed by atoms with Gasteiger partial charge < -0.3 is 10.2 Å². The molecule has 0 saturated heterocycles. The van der Waals surface area contributed by atoms with Crippen molar-refractivity contribution >= 4 is 17.3 Å². The number of nitrogens with zero attached hydrogens (tertiary/aromatic N) is 1. The molecule has 3 heteroatoms. The maximum absolute atomic E-state index is 11.7. The number of hydrogen-bond donors (Lipinski definition) is 1. The van der Waals surface area contributed by atoms with Gasteiger partial charge in [0.2, 0.25) is 5.91 Å². The maximum atomic E-state index is 11.7. The van der Waals surface area contributed by atoms with Crippen LogP contribution >= 0.6 is 0 Å². The lowest BCUT2D eigenvalue weighted by molar-refractivity contribution is -0.118. The second-order valence-corrected chi connectivity index (χ2v) is 4.08. The van der Waals surface area contributed by atoms with Crippen LogP contribution in [-0.2, 0) is 4.79 Å². The average molecular weight is 204 g/mol. The molecule has 0 spiro atoms. The highest BCUT2D eigenvalue weighted by Crippen LogP contribution is 2.30. The minimum Gasteiger partial charge on any atom is -0.383 e. The van der Waals surface area contributed by atoms with Crippen LogP contribution in [0.1, 0.15) is 17.5 Å². The Bertz CT molecular complexity index is 412. The summed E-state index contributed by atoms with van der Waals surface area (Å²) in [6, 6.07) is 4.18. The Morgan fingerprint density at radius 3 is 2.67 bits per heavy atom. The highest BCUT2D eigenvalue weighted by atomic mass is 16.2. The number of benzene rings is 1. The normalized spacial score (nSPS) is 15.7. The van der Waals surface area contributed by atoms with Crippen LogP contribution in [0.5, 0.6) is 0 Å². The van der Waals surface area contributed by atoms with Crippen LogP contribution in [0.3, 0.4) is 0 Å². The van der Waals surface area contributed by atoms with Crippen LogP contribution < -0.4 is 10.2 Å². The van der Waals surface area contributed by atoms with Crippen molar-refractivity contribution in [3.63, 3.8) is 0 Å². The van der Waals surface area contributed by atoms with Gasteiger partial charge in [0.05, 0.1) is 11.4 Å². The largest absolute Gasteiger partial charge is 0.383 e. The monoisotopic (exact) mass is 204 g/mol. The third-order valence-corrected chi connectivity index (χ3v) is 3.00. The van der Waals surface area contributed by atoms with E-state index in [4.69, 9.17) is 0 Å². The van der Waals surface area contributed by atoms with Gasteiger partial charge in [-0.1, -0.05) is 0 Å². The Balaban J connectivity index is 2.54. The Morgan fingerprint density at radius 2 is 1.93 bits per heavy atom. The van der Waals surface area contributed by atoms with Gasteiger partial charge in [0.25, 0.3) is 0 Å². The zero-order valence-electron chi connectivity index (χ0n) is 9.42. The molecule has 0 unspecified atom stereocenters. The zero-order chi connectivity index (χ0) is 11.0. The fourth-order valence-corrected chi connectivity index (χ4v) is 1.83. The first kappa shape index (κ1) is 10.0. The molecular formula is C12H16N2O. The third kappa shape index (κ3) is 1.69. The Hall–Kier alpha value is -1.51. The summed E-state index contributed by atoms with van der Waals surface area (Å²) in [6.45, 7) is 4.88. The van der Waals surface area contributed by atoms with E-state index in [0.29, 0.717) is 6.42 Å². The maximum Gasteiger partial charge on any atom is 0.228 e. The highest BCUT2D eigenvalue weighted by Gasteiger charge is 2.18. The summed E-state index contributed by atoms with van der Waals surface area (Å²) in [7, 11) is 1.84. The van der Waals surface area contributed by atoms with Crippen molar-refractivity contribution in [2.24, 2.45) is 0 Å². The first-order valence-corrected chi connectivity index (χ1v) is 5.21. The van der Waals surface area contributed by atoms with Crippen LogP contribution in [0.4, 0.5) is 11.4 Å². The van der Waals surface area contributed by atoms with Crippen LogP contribution in [0.2, 0.25) is 0 Å². The number of rotatable bonds is 0. The lowest BCUT2D eigenvalue weighted by atomic mass is 10.1. The Labute approximate surface area is 90.1 Å². The summed E-state index contributed by atoms with van der Waals surface area (Å²) in [6.07, 6.45) is 0.559. The summed E-state index contributed by atoms with van der Waals surface area (Å²) in [5.41, 5.74) is 4.52. The second kappa shape index (κ2) is 3.57. The van der Waals surface area contributed by atoms with E-state index in [-0.39, 0.29) is 5.91 Å². The molecule has 0 aliphatic carbocycles. The molecule has 1 aliphatic rings. The van der Waals surface area contributed by atoms with E-state index >= 15 is 0 Å². The van der Waals surface area contributed by atoms with E-state index in [1.54, 1.807) is 4.90 Å². The number of carbonyl (C=O) groups excluding carboxylic acids is 1. The molecule has 15 heavy (non-hydrogen) atoms. The summed E-state index contributed by atoms with van der Waals surface area (Å²) in [5.74, 6) is 0.171. The molecule has 0 radical (unpaired) electrons. The number of anilines is 2. The lowest BCUT2D eigenvalue weighted by Gasteiger charge is -2.18. The van der Waals surface area contributed by atoms with Crippen molar-refractivity contribution in [1.82, 2.24) is 0 Å². The molecule has 1 amide bonds. The van der Waals surface area contributed by atoms with Gasteiger partial charge in [-0.3, -0.25) is 4.79 Å². The SMILES string of the molecule is Cc1cc2c(cc1C)N(C)C(=O)CCN2. The molecule has 1 N–H and O–H groups in total. The topological polar surface area (TPSA) is 32.3 Å². The van der Waals surface area contributed by atoms with Crippen LogP contribution in [-0.4, -0.2) is 19.5 Å². The van der Waals surface area contributed by atoms with Crippen molar-refractivity contribution in [1.29, 1.82) is 0 Å². The van der Waals surface area contributed by atoms with Gasteiger partial charge in [-0.05, 0) is 37.1 Å². The summed E-state index contributed by atoms with van der Waals surface area (Å²) >= 11 is 0. The smallest absolute Gasteiger partial charge is 0.228 e. The van der Waals surface area contributed by atoms with Gasteiger partial charge in [-0.25, -0.2) is 0 Å². The second-order valence-electron chi connectivity index (χ2n) is 4.08. The molecule has 0 aromatic heterocycles. The zero-order valence-corrected chi connectivity index (χ0v) is 9.42. The molecule has 2 rings (SSSR count). The molecule has 0 fully saturated rings. The van der Waals surface area contributed by atoms with Crippen molar-refractivity contribution in [3.05, 3.63) is 23.3 Å². The van der Waals surface area contributed by atoms with Gasteiger partial charge in [-0.15, -0.1) is 0 Å². The van der Waals surface area contributed by atoms with Gasteiger partial charge in [0.15, 0.2) is 0 Å². The number of fused-ring (bicyclic) bond motifs is 1. The summed E-state index contributed by atoms with van der Waals surface area (Å²) in [4.78, 5) is 13.4. The third-order valence-electron chi connectivity index (χ3n) is 3.00. The van der Waals surface area contributed by atoms with E-state index in [0.717, 1.165) is 17.9 Å². The van der Waals surface area contributed by atoms with Crippen LogP contribution in [0, 0.1) is 13.8 Å². The number of amides is 1. The average Bonchev–Trinajstić information content (AvgIpc) is 2.32. The van der Waals surface area contributed by atoms with E-state index in [2.05, 4.69) is 31.3 Å². The fourth-order valence-electron chi connectivity index (χ4n) is 1.83. The molecule has 1 heterocycles. The van der Waals surface area contributed by atoms with Gasteiger partial charge >= 0.3 is 0 Å². The fraction of sp³-hybridized carbons (Fsp3) is 0.417. The molecule has 0 atom stereocenters. The van der Waals surface area contributed by atoms with E-state index in [1.165, 1.54) is 11.1 Å². The van der Waals surface area contributed by atoms with Crippen molar-refractivity contribution in [2.45, 2.75) is 20.3 Å². The van der Waals surface area contributed by atoms with E-state index < -0.39 is 0 Å². The van der Waals surface area contributed by atoms with Gasteiger partial charge in [0.1, 0.15) is 0 Å². The first-order chi connectivity index (χ1) is 7.09. The van der Waals surface area contributed by atoms with Gasteiger partial charge in [-0.2, -0.15) is 0 Å². The quantitative estimate of drug-likeness (QED) is 0.701. The number of aryl methyl sites for hydroxylation is 2. The Morgan fingerprint density at radius 1 is 1.27 bits per heavy atom. The van der Waals surface area contributed by atoms with E-state index in [1.807, 2.05) is 7.05 Å². The molecule has 0 saturated carbocycles. The van der Waals surface area contributed by atoms with Crippen LogP contribution in [0.25, 0.3) is 0 Å². The summed E-state index contributed by atoms with van der Waals surface area (Å²) < 4.78 is 0. The van der Waals surface area contributed by atoms with Gasteiger partial charge in [0, 0.05) is 20.0 Å². The van der Waals surface area contributed by atoms with Crippen molar-refractivity contribution in [2.75, 3.05) is 23.8 Å². The predicted molar refractivity (Wildman–Crippen MR) is 62.4 cm³/mol. The molecule has 1 aromatic rings. The standard InChI is InChI=1S/C12H16N2O/c1-8-6-10-11(7-9(8)2)14(3)12(15)4-5-13-10/h6-7,13H,4-5H2,1-3H3. The molecule has 80 valence electrons. The summed E-state index contributed by atoms with van der Waals surface area (Å²) in [5, 5.41) is 3.29. The first-order valence-electron chi connectivity index (χ1n) is 5.21. The number of hydrogen-bond acceptors (Lipinski definition) is 2.